The van der Waals surface area contributed by atoms with E-state index < -0.39 is 0 Å². The zero-order valence-electron chi connectivity index (χ0n) is 13.3. The van der Waals surface area contributed by atoms with Gasteiger partial charge < -0.3 is 10.6 Å². The van der Waals surface area contributed by atoms with Crippen molar-refractivity contribution in [2.75, 3.05) is 11.9 Å². The number of anilines is 1. The summed E-state index contributed by atoms with van der Waals surface area (Å²) < 4.78 is 0. The van der Waals surface area contributed by atoms with Crippen LogP contribution in [0.1, 0.15) is 44.1 Å². The van der Waals surface area contributed by atoms with E-state index in [-0.39, 0.29) is 6.03 Å². The van der Waals surface area contributed by atoms with Crippen molar-refractivity contribution in [2.24, 2.45) is 23.2 Å². The molecule has 120 valence electrons. The molecule has 0 atom stereocenters. The van der Waals surface area contributed by atoms with Crippen LogP contribution in [0.5, 0.6) is 0 Å². The fourth-order valence-electron chi connectivity index (χ4n) is 5.63. The maximum Gasteiger partial charge on any atom is 0.319 e. The second-order valence-corrected chi connectivity index (χ2v) is 7.88. The van der Waals surface area contributed by atoms with E-state index in [4.69, 9.17) is 5.26 Å². The Morgan fingerprint density at radius 3 is 2.35 bits per heavy atom. The number of carbonyl (C=O) groups excluding carboxylic acids is 1. The molecule has 0 aliphatic heterocycles. The number of hydrogen-bond donors (Lipinski definition) is 2. The Hall–Kier alpha value is -2.02. The number of nitrogens with zero attached hydrogens (tertiary/aromatic N) is 1. The molecule has 0 saturated heterocycles. The molecule has 2 amide bonds. The van der Waals surface area contributed by atoms with Crippen LogP contribution in [0.2, 0.25) is 0 Å². The smallest absolute Gasteiger partial charge is 0.319 e. The number of para-hydroxylation sites is 1. The highest BCUT2D eigenvalue weighted by atomic mass is 16.2. The number of benzene rings is 1. The maximum atomic E-state index is 12.2. The molecule has 4 saturated carbocycles. The summed E-state index contributed by atoms with van der Waals surface area (Å²) in [6.45, 7) is 0.775. The summed E-state index contributed by atoms with van der Waals surface area (Å²) in [5.74, 6) is 2.68. The number of nitrogens with one attached hydrogen (secondary N) is 2. The van der Waals surface area contributed by atoms with Crippen molar-refractivity contribution in [1.82, 2.24) is 5.32 Å². The summed E-state index contributed by atoms with van der Waals surface area (Å²) in [4.78, 5) is 12.2. The minimum Gasteiger partial charge on any atom is -0.337 e. The van der Waals surface area contributed by atoms with E-state index in [1.54, 1.807) is 18.2 Å². The van der Waals surface area contributed by atoms with Crippen molar-refractivity contribution in [3.63, 3.8) is 0 Å². The average Bonchev–Trinajstić information content (AvgIpc) is 2.52. The van der Waals surface area contributed by atoms with Crippen molar-refractivity contribution in [2.45, 2.75) is 38.5 Å². The first kappa shape index (κ1) is 14.6. The summed E-state index contributed by atoms with van der Waals surface area (Å²) in [5, 5.41) is 15.0. The highest BCUT2D eigenvalue weighted by Gasteiger charge is 2.50. The molecule has 5 rings (SSSR count). The van der Waals surface area contributed by atoms with E-state index in [0.29, 0.717) is 16.7 Å². The number of amides is 2. The molecule has 1 aromatic rings. The third-order valence-electron chi connectivity index (χ3n) is 6.08. The van der Waals surface area contributed by atoms with Crippen LogP contribution in [-0.4, -0.2) is 12.6 Å². The average molecular weight is 309 g/mol. The summed E-state index contributed by atoms with van der Waals surface area (Å²) in [5.41, 5.74) is 1.41. The predicted octanol–water partition coefficient (Wildman–Crippen LogP) is 3.90. The second kappa shape index (κ2) is 5.56. The number of urea groups is 1. The Kier molecular flexibility index (Phi) is 3.52. The molecule has 0 unspecified atom stereocenters. The van der Waals surface area contributed by atoms with Crippen molar-refractivity contribution >= 4 is 11.7 Å². The van der Waals surface area contributed by atoms with Gasteiger partial charge in [-0.15, -0.1) is 0 Å². The van der Waals surface area contributed by atoms with Gasteiger partial charge in [0.05, 0.1) is 11.3 Å². The third kappa shape index (κ3) is 2.81. The van der Waals surface area contributed by atoms with E-state index >= 15 is 0 Å². The van der Waals surface area contributed by atoms with Gasteiger partial charge in [-0.25, -0.2) is 4.79 Å². The minimum absolute atomic E-state index is 0.191. The predicted molar refractivity (Wildman–Crippen MR) is 88.8 cm³/mol. The third-order valence-corrected chi connectivity index (χ3v) is 6.08. The summed E-state index contributed by atoms with van der Waals surface area (Å²) in [6, 6.07) is 9.03. The van der Waals surface area contributed by atoms with Crippen LogP contribution in [-0.2, 0) is 0 Å². The number of rotatable bonds is 3. The molecule has 4 nitrogen and oxygen atoms in total. The Morgan fingerprint density at radius 1 is 1.13 bits per heavy atom. The summed E-state index contributed by atoms with van der Waals surface area (Å²) in [7, 11) is 0. The van der Waals surface area contributed by atoms with Crippen LogP contribution >= 0.6 is 0 Å². The topological polar surface area (TPSA) is 64.9 Å². The standard InChI is InChI=1S/C19H23N3O/c20-11-16-3-1-2-4-17(16)22-18(23)21-12-19-8-13-5-14(9-19)7-15(6-13)10-19/h1-4,13-15H,5-10,12H2,(H2,21,22,23). The molecular formula is C19H23N3O. The molecule has 4 bridgehead atoms. The number of carbonyl (C=O) groups is 1. The molecule has 4 aliphatic carbocycles. The Bertz CT molecular complexity index is 626. The quantitative estimate of drug-likeness (QED) is 0.889. The molecule has 0 radical (unpaired) electrons. The normalized spacial score (nSPS) is 34.0. The van der Waals surface area contributed by atoms with Gasteiger partial charge in [0.15, 0.2) is 0 Å². The van der Waals surface area contributed by atoms with Gasteiger partial charge in [-0.05, 0) is 73.8 Å². The van der Waals surface area contributed by atoms with Crippen LogP contribution in [0.4, 0.5) is 10.5 Å². The highest BCUT2D eigenvalue weighted by Crippen LogP contribution is 2.59. The van der Waals surface area contributed by atoms with Crippen molar-refractivity contribution in [1.29, 1.82) is 5.26 Å². The molecule has 2 N–H and O–H groups in total. The first-order valence-electron chi connectivity index (χ1n) is 8.70. The molecule has 0 spiro atoms. The van der Waals surface area contributed by atoms with Crippen LogP contribution in [0.15, 0.2) is 24.3 Å². The van der Waals surface area contributed by atoms with Gasteiger partial charge >= 0.3 is 6.03 Å². The Balaban J connectivity index is 1.38. The van der Waals surface area contributed by atoms with Crippen LogP contribution in [0.25, 0.3) is 0 Å². The van der Waals surface area contributed by atoms with Crippen molar-refractivity contribution < 1.29 is 4.79 Å². The van der Waals surface area contributed by atoms with E-state index in [1.807, 2.05) is 6.07 Å². The fraction of sp³-hybridized carbons (Fsp3) is 0.579. The van der Waals surface area contributed by atoms with Crippen LogP contribution in [0.3, 0.4) is 0 Å². The molecule has 1 aromatic carbocycles. The summed E-state index contributed by atoms with van der Waals surface area (Å²) >= 11 is 0. The van der Waals surface area contributed by atoms with E-state index in [9.17, 15) is 4.79 Å². The van der Waals surface area contributed by atoms with Gasteiger partial charge in [0.25, 0.3) is 0 Å². The maximum absolute atomic E-state index is 12.2. The first-order chi connectivity index (χ1) is 11.2. The zero-order valence-corrected chi connectivity index (χ0v) is 13.3. The SMILES string of the molecule is N#Cc1ccccc1NC(=O)NCC12CC3CC(CC(C3)C1)C2. The monoisotopic (exact) mass is 309 g/mol. The lowest BCUT2D eigenvalue weighted by Crippen LogP contribution is -2.51. The van der Waals surface area contributed by atoms with Gasteiger partial charge in [-0.1, -0.05) is 12.1 Å². The molecule has 4 fully saturated rings. The van der Waals surface area contributed by atoms with Crippen molar-refractivity contribution in [3.8, 4) is 6.07 Å². The lowest BCUT2D eigenvalue weighted by Gasteiger charge is -2.56. The second-order valence-electron chi connectivity index (χ2n) is 7.88. The largest absolute Gasteiger partial charge is 0.337 e. The fourth-order valence-corrected chi connectivity index (χ4v) is 5.63. The highest BCUT2D eigenvalue weighted by molar-refractivity contribution is 5.90. The lowest BCUT2D eigenvalue weighted by atomic mass is 9.49. The molecule has 0 aromatic heterocycles. The van der Waals surface area contributed by atoms with Crippen LogP contribution in [0, 0.1) is 34.5 Å². The number of nitriles is 1. The first-order valence-corrected chi connectivity index (χ1v) is 8.70. The molecule has 23 heavy (non-hydrogen) atoms. The van der Waals surface area contributed by atoms with E-state index in [1.165, 1.54) is 38.5 Å². The van der Waals surface area contributed by atoms with Gasteiger partial charge in [-0.3, -0.25) is 0 Å². The lowest BCUT2D eigenvalue weighted by molar-refractivity contribution is -0.0496. The zero-order chi connectivity index (χ0) is 15.9. The molecular weight excluding hydrogens is 286 g/mol. The molecule has 4 heteroatoms. The van der Waals surface area contributed by atoms with Gasteiger partial charge in [0.1, 0.15) is 6.07 Å². The Labute approximate surface area is 137 Å². The van der Waals surface area contributed by atoms with Gasteiger partial charge in [0.2, 0.25) is 0 Å². The summed E-state index contributed by atoms with van der Waals surface area (Å²) in [6.07, 6.45) is 8.11. The minimum atomic E-state index is -0.191. The van der Waals surface area contributed by atoms with Gasteiger partial charge in [-0.2, -0.15) is 5.26 Å². The Morgan fingerprint density at radius 2 is 1.74 bits per heavy atom. The number of hydrogen-bond acceptors (Lipinski definition) is 2. The molecule has 4 aliphatic rings. The van der Waals surface area contributed by atoms with Crippen molar-refractivity contribution in [3.05, 3.63) is 29.8 Å². The van der Waals surface area contributed by atoms with E-state index in [0.717, 1.165) is 24.3 Å². The van der Waals surface area contributed by atoms with Gasteiger partial charge in [0, 0.05) is 6.54 Å². The van der Waals surface area contributed by atoms with Crippen LogP contribution < -0.4 is 10.6 Å². The van der Waals surface area contributed by atoms with E-state index in [2.05, 4.69) is 16.7 Å². The molecule has 0 heterocycles.